The van der Waals surface area contributed by atoms with E-state index in [9.17, 15) is 4.79 Å². The van der Waals surface area contributed by atoms with Gasteiger partial charge in [0.15, 0.2) is 0 Å². The highest BCUT2D eigenvalue weighted by molar-refractivity contribution is 9.10. The van der Waals surface area contributed by atoms with Gasteiger partial charge in [-0.25, -0.2) is 0 Å². The Labute approximate surface area is 100 Å². The summed E-state index contributed by atoms with van der Waals surface area (Å²) in [6.07, 6.45) is 5.00. The van der Waals surface area contributed by atoms with Gasteiger partial charge in [0.2, 0.25) is 0 Å². The number of ether oxygens (including phenoxy) is 1. The molecule has 2 unspecified atom stereocenters. The van der Waals surface area contributed by atoms with Gasteiger partial charge in [-0.15, -0.1) is 0 Å². The van der Waals surface area contributed by atoms with Crippen LogP contribution >= 0.6 is 15.9 Å². The lowest BCUT2D eigenvalue weighted by Crippen LogP contribution is -2.44. The van der Waals surface area contributed by atoms with Gasteiger partial charge < -0.3 is 4.74 Å². The quantitative estimate of drug-likeness (QED) is 0.583. The SMILES string of the molecule is CCC1CCCCN1CC(Br)C(=O)OC. The van der Waals surface area contributed by atoms with Crippen LogP contribution in [0.5, 0.6) is 0 Å². The normalized spacial score (nSPS) is 24.9. The number of methoxy groups -OCH3 is 1. The number of alkyl halides is 1. The average Bonchev–Trinajstić information content (AvgIpc) is 2.28. The Balaban J connectivity index is 2.43. The molecule has 1 heterocycles. The minimum Gasteiger partial charge on any atom is -0.468 e. The van der Waals surface area contributed by atoms with Crippen LogP contribution in [0.2, 0.25) is 0 Å². The van der Waals surface area contributed by atoms with Crippen molar-refractivity contribution in [3.8, 4) is 0 Å². The van der Waals surface area contributed by atoms with Crippen molar-refractivity contribution in [2.75, 3.05) is 20.2 Å². The lowest BCUT2D eigenvalue weighted by atomic mass is 10.00. The number of carbonyl (C=O) groups excluding carboxylic acids is 1. The summed E-state index contributed by atoms with van der Waals surface area (Å²) in [4.78, 5) is 13.5. The molecule has 2 atom stereocenters. The molecule has 1 aliphatic rings. The molecule has 4 heteroatoms. The molecule has 0 radical (unpaired) electrons. The van der Waals surface area contributed by atoms with Crippen LogP contribution in [0.1, 0.15) is 32.6 Å². The lowest BCUT2D eigenvalue weighted by Gasteiger charge is -2.35. The molecule has 1 saturated heterocycles. The monoisotopic (exact) mass is 277 g/mol. The summed E-state index contributed by atoms with van der Waals surface area (Å²) in [5.41, 5.74) is 0. The number of likely N-dealkylation sites (tertiary alicyclic amines) is 1. The molecule has 0 aromatic rings. The molecular weight excluding hydrogens is 258 g/mol. The summed E-state index contributed by atoms with van der Waals surface area (Å²) in [6, 6.07) is 0.642. The third kappa shape index (κ3) is 3.76. The van der Waals surface area contributed by atoms with Crippen molar-refractivity contribution >= 4 is 21.9 Å². The third-order valence-corrected chi connectivity index (χ3v) is 3.74. The Hall–Kier alpha value is -0.0900. The van der Waals surface area contributed by atoms with Gasteiger partial charge in [0.1, 0.15) is 4.83 Å². The minimum absolute atomic E-state index is 0.171. The van der Waals surface area contributed by atoms with E-state index in [-0.39, 0.29) is 10.8 Å². The van der Waals surface area contributed by atoms with Gasteiger partial charge in [-0.3, -0.25) is 9.69 Å². The molecule has 1 aliphatic heterocycles. The zero-order valence-electron chi connectivity index (χ0n) is 9.54. The van der Waals surface area contributed by atoms with Gasteiger partial charge in [0.05, 0.1) is 7.11 Å². The Bertz CT molecular complexity index is 211. The molecule has 0 saturated carbocycles. The van der Waals surface area contributed by atoms with E-state index in [1.54, 1.807) is 0 Å². The van der Waals surface area contributed by atoms with E-state index in [1.165, 1.54) is 32.8 Å². The number of hydrogen-bond acceptors (Lipinski definition) is 3. The largest absolute Gasteiger partial charge is 0.468 e. The number of esters is 1. The highest BCUT2D eigenvalue weighted by atomic mass is 79.9. The molecule has 0 aromatic heterocycles. The van der Waals surface area contributed by atoms with Crippen molar-refractivity contribution in [1.29, 1.82) is 0 Å². The van der Waals surface area contributed by atoms with Crippen LogP contribution in [0.3, 0.4) is 0 Å². The molecule has 1 rings (SSSR count). The first-order valence-corrected chi connectivity index (χ1v) is 6.56. The molecule has 0 aliphatic carbocycles. The summed E-state index contributed by atoms with van der Waals surface area (Å²) in [5, 5.41) is 0. The predicted octanol–water partition coefficient (Wildman–Crippen LogP) is 2.19. The average molecular weight is 278 g/mol. The number of rotatable bonds is 4. The highest BCUT2D eigenvalue weighted by Crippen LogP contribution is 2.20. The van der Waals surface area contributed by atoms with Gasteiger partial charge in [0.25, 0.3) is 0 Å². The Morgan fingerprint density at radius 2 is 2.33 bits per heavy atom. The van der Waals surface area contributed by atoms with Crippen molar-refractivity contribution in [2.45, 2.75) is 43.5 Å². The molecule has 0 amide bonds. The molecule has 0 spiro atoms. The van der Waals surface area contributed by atoms with Gasteiger partial charge in [-0.2, -0.15) is 0 Å². The van der Waals surface area contributed by atoms with E-state index < -0.39 is 0 Å². The van der Waals surface area contributed by atoms with Crippen LogP contribution in [0.4, 0.5) is 0 Å². The maximum atomic E-state index is 11.3. The summed E-state index contributed by atoms with van der Waals surface area (Å²) in [7, 11) is 1.43. The topological polar surface area (TPSA) is 29.5 Å². The van der Waals surface area contributed by atoms with Crippen molar-refractivity contribution in [1.82, 2.24) is 4.90 Å². The second-order valence-corrected chi connectivity index (χ2v) is 5.15. The van der Waals surface area contributed by atoms with Gasteiger partial charge in [0, 0.05) is 12.6 Å². The molecule has 88 valence electrons. The molecular formula is C11H20BrNO2. The summed E-state index contributed by atoms with van der Waals surface area (Å²) < 4.78 is 4.71. The first kappa shape index (κ1) is 13.0. The predicted molar refractivity (Wildman–Crippen MR) is 64.2 cm³/mol. The smallest absolute Gasteiger partial charge is 0.320 e. The van der Waals surface area contributed by atoms with E-state index in [0.717, 1.165) is 13.1 Å². The molecule has 0 N–H and O–H groups in total. The lowest BCUT2D eigenvalue weighted by molar-refractivity contribution is -0.140. The second-order valence-electron chi connectivity index (χ2n) is 4.04. The van der Waals surface area contributed by atoms with Crippen LogP contribution in [-0.2, 0) is 9.53 Å². The number of nitrogens with zero attached hydrogens (tertiary/aromatic N) is 1. The number of carbonyl (C=O) groups is 1. The molecule has 0 bridgehead atoms. The van der Waals surface area contributed by atoms with E-state index in [1.807, 2.05) is 0 Å². The van der Waals surface area contributed by atoms with E-state index >= 15 is 0 Å². The minimum atomic E-state index is -0.186. The first-order valence-electron chi connectivity index (χ1n) is 5.65. The van der Waals surface area contributed by atoms with Crippen molar-refractivity contribution < 1.29 is 9.53 Å². The number of piperidine rings is 1. The van der Waals surface area contributed by atoms with Gasteiger partial charge >= 0.3 is 5.97 Å². The highest BCUT2D eigenvalue weighted by Gasteiger charge is 2.25. The van der Waals surface area contributed by atoms with Crippen molar-refractivity contribution in [3.05, 3.63) is 0 Å². The van der Waals surface area contributed by atoms with Crippen LogP contribution in [-0.4, -0.2) is 41.9 Å². The van der Waals surface area contributed by atoms with Crippen LogP contribution in [0.15, 0.2) is 0 Å². The molecule has 1 fully saturated rings. The van der Waals surface area contributed by atoms with Crippen LogP contribution in [0.25, 0.3) is 0 Å². The third-order valence-electron chi connectivity index (χ3n) is 3.07. The first-order chi connectivity index (χ1) is 7.19. The standard InChI is InChI=1S/C11H20BrNO2/c1-3-9-6-4-5-7-13(9)8-10(12)11(14)15-2/h9-10H,3-8H2,1-2H3. The maximum absolute atomic E-state index is 11.3. The fourth-order valence-corrected chi connectivity index (χ4v) is 2.73. The van der Waals surface area contributed by atoms with Gasteiger partial charge in [-0.05, 0) is 25.8 Å². The zero-order valence-corrected chi connectivity index (χ0v) is 11.1. The van der Waals surface area contributed by atoms with Crippen molar-refractivity contribution in [3.63, 3.8) is 0 Å². The Morgan fingerprint density at radius 1 is 1.60 bits per heavy atom. The van der Waals surface area contributed by atoms with Crippen molar-refractivity contribution in [2.24, 2.45) is 0 Å². The summed E-state index contributed by atoms with van der Waals surface area (Å²) >= 11 is 3.38. The zero-order chi connectivity index (χ0) is 11.3. The fourth-order valence-electron chi connectivity index (χ4n) is 2.17. The Morgan fingerprint density at radius 3 is 2.93 bits per heavy atom. The van der Waals surface area contributed by atoms with Gasteiger partial charge in [-0.1, -0.05) is 29.3 Å². The van der Waals surface area contributed by atoms with E-state index in [0.29, 0.717) is 6.04 Å². The van der Waals surface area contributed by atoms with E-state index in [2.05, 4.69) is 27.8 Å². The maximum Gasteiger partial charge on any atom is 0.320 e. The summed E-state index contributed by atoms with van der Waals surface area (Å²) in [5.74, 6) is -0.171. The Kier molecular flexibility index (Phi) is 5.61. The van der Waals surface area contributed by atoms with Crippen LogP contribution < -0.4 is 0 Å². The second kappa shape index (κ2) is 6.48. The van der Waals surface area contributed by atoms with E-state index in [4.69, 9.17) is 4.74 Å². The fraction of sp³-hybridized carbons (Fsp3) is 0.909. The molecule has 3 nitrogen and oxygen atoms in total. The summed E-state index contributed by atoms with van der Waals surface area (Å²) in [6.45, 7) is 4.09. The van der Waals surface area contributed by atoms with Crippen LogP contribution in [0, 0.1) is 0 Å². The molecule has 15 heavy (non-hydrogen) atoms. The number of hydrogen-bond donors (Lipinski definition) is 0. The number of halogens is 1. The molecule has 0 aromatic carbocycles.